The number of amides is 1. The van der Waals surface area contributed by atoms with E-state index in [1.807, 2.05) is 32.2 Å². The van der Waals surface area contributed by atoms with Crippen molar-refractivity contribution in [2.75, 3.05) is 20.3 Å². The van der Waals surface area contributed by atoms with Crippen molar-refractivity contribution in [3.8, 4) is 6.07 Å². The van der Waals surface area contributed by atoms with Gasteiger partial charge in [-0.25, -0.2) is 0 Å². The minimum Gasteiger partial charge on any atom is -0.381 e. The number of nitriles is 1. The van der Waals surface area contributed by atoms with Gasteiger partial charge in [-0.3, -0.25) is 4.79 Å². The van der Waals surface area contributed by atoms with Gasteiger partial charge in [-0.05, 0) is 43.9 Å². The number of benzene rings is 1. The fourth-order valence-electron chi connectivity index (χ4n) is 2.72. The van der Waals surface area contributed by atoms with E-state index in [2.05, 4.69) is 6.07 Å². The highest BCUT2D eigenvalue weighted by Gasteiger charge is 2.26. The topological polar surface area (TPSA) is 53.3 Å². The molecular weight excluding hydrogens is 264 g/mol. The van der Waals surface area contributed by atoms with E-state index in [0.717, 1.165) is 31.4 Å². The molecule has 2 rings (SSSR count). The molecule has 1 aromatic rings. The number of nitrogens with zero attached hydrogens (tertiary/aromatic N) is 2. The van der Waals surface area contributed by atoms with Gasteiger partial charge < -0.3 is 9.64 Å². The lowest BCUT2D eigenvalue weighted by Crippen LogP contribution is -2.35. The predicted molar refractivity (Wildman–Crippen MR) is 80.5 cm³/mol. The monoisotopic (exact) mass is 286 g/mol. The highest BCUT2D eigenvalue weighted by atomic mass is 16.5. The van der Waals surface area contributed by atoms with Crippen LogP contribution in [-0.4, -0.2) is 31.1 Å². The van der Waals surface area contributed by atoms with E-state index in [1.54, 1.807) is 11.0 Å². The minimum absolute atomic E-state index is 0.0324. The molecular formula is C17H22N2O2. The SMILES string of the molecule is CC(c1cccc(C#N)c1)N(C)C(=O)C1CCCOCC1. The van der Waals surface area contributed by atoms with Crippen LogP contribution in [0.2, 0.25) is 0 Å². The maximum absolute atomic E-state index is 12.6. The van der Waals surface area contributed by atoms with Crippen molar-refractivity contribution in [2.24, 2.45) is 5.92 Å². The molecule has 112 valence electrons. The van der Waals surface area contributed by atoms with Crippen LogP contribution in [0.3, 0.4) is 0 Å². The smallest absolute Gasteiger partial charge is 0.226 e. The summed E-state index contributed by atoms with van der Waals surface area (Å²) < 4.78 is 5.42. The molecule has 4 heteroatoms. The fraction of sp³-hybridized carbons (Fsp3) is 0.529. The third kappa shape index (κ3) is 3.83. The largest absolute Gasteiger partial charge is 0.381 e. The predicted octanol–water partition coefficient (Wildman–Crippen LogP) is 2.89. The lowest BCUT2D eigenvalue weighted by molar-refractivity contribution is -0.136. The number of hydrogen-bond acceptors (Lipinski definition) is 3. The van der Waals surface area contributed by atoms with E-state index in [0.29, 0.717) is 12.2 Å². The Morgan fingerprint density at radius 3 is 3.00 bits per heavy atom. The zero-order valence-corrected chi connectivity index (χ0v) is 12.7. The quantitative estimate of drug-likeness (QED) is 0.858. The van der Waals surface area contributed by atoms with Crippen LogP contribution >= 0.6 is 0 Å². The molecule has 0 radical (unpaired) electrons. The van der Waals surface area contributed by atoms with Crippen LogP contribution in [0.1, 0.15) is 43.4 Å². The van der Waals surface area contributed by atoms with Crippen LogP contribution in [0.4, 0.5) is 0 Å². The molecule has 21 heavy (non-hydrogen) atoms. The lowest BCUT2D eigenvalue weighted by atomic mass is 9.97. The average Bonchev–Trinajstić information content (AvgIpc) is 2.82. The van der Waals surface area contributed by atoms with Gasteiger partial charge in [-0.2, -0.15) is 5.26 Å². The van der Waals surface area contributed by atoms with E-state index < -0.39 is 0 Å². The Morgan fingerprint density at radius 2 is 2.24 bits per heavy atom. The maximum Gasteiger partial charge on any atom is 0.226 e. The molecule has 1 aliphatic heterocycles. The molecule has 2 unspecified atom stereocenters. The van der Waals surface area contributed by atoms with E-state index >= 15 is 0 Å². The molecule has 0 aromatic heterocycles. The molecule has 1 aromatic carbocycles. The van der Waals surface area contributed by atoms with E-state index in [1.165, 1.54) is 0 Å². The van der Waals surface area contributed by atoms with Crippen LogP contribution in [0.5, 0.6) is 0 Å². The molecule has 0 saturated carbocycles. The molecule has 1 heterocycles. The summed E-state index contributed by atoms with van der Waals surface area (Å²) in [5.74, 6) is 0.231. The summed E-state index contributed by atoms with van der Waals surface area (Å²) in [5.41, 5.74) is 1.62. The van der Waals surface area contributed by atoms with Gasteiger partial charge >= 0.3 is 0 Å². The van der Waals surface area contributed by atoms with Crippen LogP contribution in [0.25, 0.3) is 0 Å². The first-order chi connectivity index (χ1) is 10.1. The van der Waals surface area contributed by atoms with Crippen molar-refractivity contribution >= 4 is 5.91 Å². The van der Waals surface area contributed by atoms with Crippen molar-refractivity contribution in [1.29, 1.82) is 5.26 Å². The van der Waals surface area contributed by atoms with Crippen molar-refractivity contribution in [2.45, 2.75) is 32.2 Å². The lowest BCUT2D eigenvalue weighted by Gasteiger charge is -2.29. The zero-order chi connectivity index (χ0) is 15.2. The maximum atomic E-state index is 12.6. The van der Waals surface area contributed by atoms with Crippen molar-refractivity contribution in [1.82, 2.24) is 4.90 Å². The van der Waals surface area contributed by atoms with Crippen LogP contribution in [-0.2, 0) is 9.53 Å². The molecule has 0 aliphatic carbocycles. The third-order valence-electron chi connectivity index (χ3n) is 4.23. The fourth-order valence-corrected chi connectivity index (χ4v) is 2.72. The summed E-state index contributed by atoms with van der Waals surface area (Å²) in [5, 5.41) is 8.98. The molecule has 1 fully saturated rings. The van der Waals surface area contributed by atoms with Gasteiger partial charge in [-0.1, -0.05) is 12.1 Å². The highest BCUT2D eigenvalue weighted by molar-refractivity contribution is 5.79. The number of ether oxygens (including phenoxy) is 1. The Bertz CT molecular complexity index is 528. The van der Waals surface area contributed by atoms with Gasteiger partial charge in [0.1, 0.15) is 0 Å². The summed E-state index contributed by atoms with van der Waals surface area (Å²) in [6.45, 7) is 3.43. The van der Waals surface area contributed by atoms with Gasteiger partial charge in [-0.15, -0.1) is 0 Å². The molecule has 1 amide bonds. The summed E-state index contributed by atoms with van der Waals surface area (Å²) in [7, 11) is 1.85. The highest BCUT2D eigenvalue weighted by Crippen LogP contribution is 2.25. The molecule has 1 saturated heterocycles. The Labute approximate surface area is 126 Å². The van der Waals surface area contributed by atoms with Crippen molar-refractivity contribution in [3.05, 3.63) is 35.4 Å². The van der Waals surface area contributed by atoms with E-state index in [4.69, 9.17) is 10.00 Å². The molecule has 4 nitrogen and oxygen atoms in total. The zero-order valence-electron chi connectivity index (χ0n) is 12.7. The van der Waals surface area contributed by atoms with Crippen molar-refractivity contribution < 1.29 is 9.53 Å². The van der Waals surface area contributed by atoms with Gasteiger partial charge in [0.05, 0.1) is 17.7 Å². The molecule has 0 bridgehead atoms. The summed E-state index contributed by atoms with van der Waals surface area (Å²) in [4.78, 5) is 14.4. The summed E-state index contributed by atoms with van der Waals surface area (Å²) in [6, 6.07) is 9.57. The first-order valence-corrected chi connectivity index (χ1v) is 7.48. The van der Waals surface area contributed by atoms with Gasteiger partial charge in [0.15, 0.2) is 0 Å². The standard InChI is InChI=1S/C17H22N2O2/c1-13(16-6-3-5-14(11-16)12-18)19(2)17(20)15-7-4-9-21-10-8-15/h3,5-6,11,13,15H,4,7-10H2,1-2H3. The number of rotatable bonds is 3. The normalized spacial score (nSPS) is 20.1. The number of carbonyl (C=O) groups is 1. The molecule has 0 N–H and O–H groups in total. The van der Waals surface area contributed by atoms with Gasteiger partial charge in [0, 0.05) is 26.2 Å². The van der Waals surface area contributed by atoms with Gasteiger partial charge in [0.25, 0.3) is 0 Å². The Balaban J connectivity index is 2.08. The molecule has 1 aliphatic rings. The number of hydrogen-bond donors (Lipinski definition) is 0. The van der Waals surface area contributed by atoms with E-state index in [9.17, 15) is 4.79 Å². The Kier molecular flexibility index (Phi) is 5.35. The molecule has 0 spiro atoms. The Morgan fingerprint density at radius 1 is 1.43 bits per heavy atom. The summed E-state index contributed by atoms with van der Waals surface area (Å²) in [6.07, 6.45) is 2.64. The third-order valence-corrected chi connectivity index (χ3v) is 4.23. The van der Waals surface area contributed by atoms with Crippen LogP contribution in [0.15, 0.2) is 24.3 Å². The molecule has 2 atom stereocenters. The second-order valence-corrected chi connectivity index (χ2v) is 5.60. The van der Waals surface area contributed by atoms with E-state index in [-0.39, 0.29) is 17.9 Å². The average molecular weight is 286 g/mol. The Hall–Kier alpha value is -1.86. The number of carbonyl (C=O) groups excluding carboxylic acids is 1. The first-order valence-electron chi connectivity index (χ1n) is 7.48. The first kappa shape index (κ1) is 15.5. The summed E-state index contributed by atoms with van der Waals surface area (Å²) >= 11 is 0. The second kappa shape index (κ2) is 7.24. The van der Waals surface area contributed by atoms with Crippen molar-refractivity contribution in [3.63, 3.8) is 0 Å². The second-order valence-electron chi connectivity index (χ2n) is 5.60. The van der Waals surface area contributed by atoms with Gasteiger partial charge in [0.2, 0.25) is 5.91 Å². The van der Waals surface area contributed by atoms with Crippen LogP contribution < -0.4 is 0 Å². The minimum atomic E-state index is -0.0324. The van der Waals surface area contributed by atoms with Crippen LogP contribution in [0, 0.1) is 17.2 Å².